The minimum atomic E-state index is -2.49. The Bertz CT molecular complexity index is 1250. The van der Waals surface area contributed by atoms with Crippen molar-refractivity contribution in [3.05, 3.63) is 77.0 Å². The Balaban J connectivity index is 2.33. The maximum Gasteiger partial charge on any atom is 0.212 e. The van der Waals surface area contributed by atoms with Gasteiger partial charge in [-0.2, -0.15) is 0 Å². The van der Waals surface area contributed by atoms with Crippen LogP contribution in [0.15, 0.2) is 54.7 Å². The van der Waals surface area contributed by atoms with Crippen molar-refractivity contribution in [2.75, 3.05) is 0 Å². The number of hydrogen-bond acceptors (Lipinski definition) is 0. The van der Waals surface area contributed by atoms with Gasteiger partial charge in [-0.3, -0.25) is 0 Å². The van der Waals surface area contributed by atoms with E-state index in [9.17, 15) is 0 Å². The molecule has 0 N–H and O–H groups in total. The zero-order valence-corrected chi connectivity index (χ0v) is 16.6. The van der Waals surface area contributed by atoms with Crippen molar-refractivity contribution in [3.8, 4) is 22.4 Å². The summed E-state index contributed by atoms with van der Waals surface area (Å²) < 4.78 is 67.3. The molecule has 0 bridgehead atoms. The number of rotatable bonds is 3. The molecule has 1 aromatic heterocycles. The first-order chi connectivity index (χ1) is 15.9. The second kappa shape index (κ2) is 7.31. The highest BCUT2D eigenvalue weighted by molar-refractivity contribution is 5.74. The monoisotopic (exact) mass is 366 g/mol. The van der Waals surface area contributed by atoms with Crippen molar-refractivity contribution in [2.45, 2.75) is 47.8 Å². The number of benzene rings is 2. The average Bonchev–Trinajstić information content (AvgIpc) is 2.72. The van der Waals surface area contributed by atoms with E-state index in [0.29, 0.717) is 11.3 Å². The van der Waals surface area contributed by atoms with Crippen LogP contribution in [0.1, 0.15) is 54.0 Å². The molecule has 3 rings (SSSR count). The Kier molecular flexibility index (Phi) is 3.10. The summed E-state index contributed by atoms with van der Waals surface area (Å²) in [6, 6.07) is 14.2. The van der Waals surface area contributed by atoms with Crippen molar-refractivity contribution in [2.24, 2.45) is 12.5 Å². The smallest absolute Gasteiger partial charge is 0.201 e. The van der Waals surface area contributed by atoms with E-state index in [1.54, 1.807) is 62.7 Å². The number of pyridine rings is 1. The van der Waals surface area contributed by atoms with Crippen molar-refractivity contribution in [1.82, 2.24) is 0 Å². The van der Waals surface area contributed by atoms with Crippen LogP contribution in [0.25, 0.3) is 22.4 Å². The van der Waals surface area contributed by atoms with Crippen LogP contribution in [0.4, 0.5) is 0 Å². The van der Waals surface area contributed by atoms with E-state index in [1.807, 2.05) is 25.1 Å². The molecule has 3 aromatic rings. The summed E-state index contributed by atoms with van der Waals surface area (Å²) in [5.74, 6) is 0. The molecule has 1 heterocycles. The Morgan fingerprint density at radius 2 is 1.67 bits per heavy atom. The third-order valence-electron chi connectivity index (χ3n) is 4.54. The Morgan fingerprint density at radius 3 is 2.37 bits per heavy atom. The molecule has 0 aliphatic heterocycles. The van der Waals surface area contributed by atoms with Gasteiger partial charge in [0.15, 0.2) is 6.20 Å². The van der Waals surface area contributed by atoms with E-state index < -0.39 is 25.5 Å². The van der Waals surface area contributed by atoms with Crippen molar-refractivity contribution < 1.29 is 15.5 Å². The molecule has 0 saturated heterocycles. The lowest BCUT2D eigenvalue weighted by Crippen LogP contribution is -2.32. The third kappa shape index (κ3) is 4.30. The fourth-order valence-corrected chi connectivity index (χ4v) is 3.22. The molecule has 1 nitrogen and oxygen atoms in total. The van der Waals surface area contributed by atoms with Gasteiger partial charge in [0.2, 0.25) is 5.69 Å². The first-order valence-electron chi connectivity index (χ1n) is 13.1. The summed E-state index contributed by atoms with van der Waals surface area (Å²) in [4.78, 5) is 0. The van der Waals surface area contributed by atoms with Gasteiger partial charge in [0.1, 0.15) is 7.05 Å². The first-order valence-corrected chi connectivity index (χ1v) is 9.11. The summed E-state index contributed by atoms with van der Waals surface area (Å²) >= 11 is 0. The second-order valence-electron chi connectivity index (χ2n) is 8.05. The highest BCUT2D eigenvalue weighted by atomic mass is 14.9. The van der Waals surface area contributed by atoms with Gasteiger partial charge in [0, 0.05) is 28.2 Å². The molecule has 0 unspecified atom stereocenters. The quantitative estimate of drug-likeness (QED) is 0.475. The highest BCUT2D eigenvalue weighted by Gasteiger charge is 2.20. The van der Waals surface area contributed by atoms with Gasteiger partial charge in [-0.1, -0.05) is 57.2 Å². The molecule has 0 amide bonds. The first kappa shape index (κ1) is 11.4. The lowest BCUT2D eigenvalue weighted by molar-refractivity contribution is -0.660. The van der Waals surface area contributed by atoms with Gasteiger partial charge in [-0.25, -0.2) is 4.57 Å². The van der Waals surface area contributed by atoms with Gasteiger partial charge < -0.3 is 0 Å². The molecule has 1 heteroatoms. The Hall–Kier alpha value is -2.41. The minimum absolute atomic E-state index is 0.0229. The van der Waals surface area contributed by atoms with Crippen LogP contribution in [0.3, 0.4) is 0 Å². The van der Waals surface area contributed by atoms with Crippen molar-refractivity contribution >= 4 is 0 Å². The molecule has 0 spiro atoms. The minimum Gasteiger partial charge on any atom is -0.201 e. The van der Waals surface area contributed by atoms with Crippen LogP contribution in [-0.4, -0.2) is 0 Å². The number of nitrogens with zero attached hydrogens (tertiary/aromatic N) is 1. The second-order valence-corrected chi connectivity index (χ2v) is 8.05. The summed E-state index contributed by atoms with van der Waals surface area (Å²) in [7, 11) is 1.74. The van der Waals surface area contributed by atoms with E-state index in [4.69, 9.17) is 11.0 Å². The van der Waals surface area contributed by atoms with Crippen LogP contribution >= 0.6 is 0 Å². The van der Waals surface area contributed by atoms with Gasteiger partial charge in [0.25, 0.3) is 0 Å². The summed E-state index contributed by atoms with van der Waals surface area (Å²) in [6.07, 6.45) is -0.428. The fraction of sp³-hybridized carbons (Fsp3) is 0.346. The number of aryl methyl sites for hydroxylation is 4. The third-order valence-corrected chi connectivity index (χ3v) is 4.54. The molecule has 0 aliphatic rings. The lowest BCUT2D eigenvalue weighted by atomic mass is 9.86. The Labute approximate surface area is 175 Å². The molecule has 2 aromatic carbocycles. The molecule has 0 atom stereocenters. The van der Waals surface area contributed by atoms with Gasteiger partial charge in [-0.05, 0) is 66.3 Å². The molecule has 0 radical (unpaired) electrons. The molecule has 140 valence electrons. The van der Waals surface area contributed by atoms with E-state index in [1.165, 1.54) is 6.20 Å². The molecule has 0 aliphatic carbocycles. The maximum absolute atomic E-state index is 8.84. The van der Waals surface area contributed by atoms with E-state index in [-0.39, 0.29) is 16.7 Å². The average molecular weight is 367 g/mol. The molecular formula is C26H32N+. The van der Waals surface area contributed by atoms with E-state index in [2.05, 4.69) is 0 Å². The topological polar surface area (TPSA) is 3.88 Å². The van der Waals surface area contributed by atoms with Crippen molar-refractivity contribution in [1.29, 1.82) is 0 Å². The number of hydrogen-bond donors (Lipinski definition) is 0. The molecule has 27 heavy (non-hydrogen) atoms. The van der Waals surface area contributed by atoms with Gasteiger partial charge in [-0.15, -0.1) is 0 Å². The Morgan fingerprint density at radius 1 is 0.926 bits per heavy atom. The predicted octanol–water partition coefficient (Wildman–Crippen LogP) is 6.36. The van der Waals surface area contributed by atoms with Gasteiger partial charge >= 0.3 is 0 Å². The fourth-order valence-electron chi connectivity index (χ4n) is 3.22. The zero-order valence-electron chi connectivity index (χ0n) is 24.6. The summed E-state index contributed by atoms with van der Waals surface area (Å²) in [5.41, 5.74) is 3.15. The molecule has 0 fully saturated rings. The highest BCUT2D eigenvalue weighted by Crippen LogP contribution is 2.31. The largest absolute Gasteiger partial charge is 0.212 e. The van der Waals surface area contributed by atoms with Crippen LogP contribution < -0.4 is 4.57 Å². The number of aromatic nitrogens is 1. The molecular weight excluding hydrogens is 326 g/mol. The normalized spacial score (nSPS) is 17.5. The SMILES string of the molecule is [2H]C([2H])([2H])c1ccccc1-c1ccc(C)c(-c2cc(C([2H])([2H])C(C)(C)C)c(C([2H])([2H])[2H])c[n+]2C)c1. The zero-order chi connectivity index (χ0) is 26.6. The van der Waals surface area contributed by atoms with E-state index >= 15 is 0 Å². The standard InChI is InChI=1S/C26H32N/c1-18-10-8-9-11-23(18)21-13-12-19(2)24(14-21)25-15-22(16-26(4,5)6)20(3)17-27(25)7/h8-15,17H,16H2,1-7H3/q+1/i1D3,3D3,16D2. The lowest BCUT2D eigenvalue weighted by Gasteiger charge is -2.20. The molecule has 0 saturated carbocycles. The van der Waals surface area contributed by atoms with Crippen LogP contribution in [0, 0.1) is 26.0 Å². The van der Waals surface area contributed by atoms with Crippen molar-refractivity contribution in [3.63, 3.8) is 0 Å². The van der Waals surface area contributed by atoms with Crippen LogP contribution in [0.2, 0.25) is 0 Å². The van der Waals surface area contributed by atoms with Gasteiger partial charge in [0.05, 0.1) is 0 Å². The summed E-state index contributed by atoms with van der Waals surface area (Å²) in [6.45, 7) is 2.41. The van der Waals surface area contributed by atoms with E-state index in [0.717, 1.165) is 16.7 Å². The maximum atomic E-state index is 8.84. The van der Waals surface area contributed by atoms with Crippen LogP contribution in [-0.2, 0) is 13.4 Å². The summed E-state index contributed by atoms with van der Waals surface area (Å²) in [5, 5.41) is 0. The van der Waals surface area contributed by atoms with Crippen LogP contribution in [0.5, 0.6) is 0 Å². The predicted molar refractivity (Wildman–Crippen MR) is 116 cm³/mol.